The van der Waals surface area contributed by atoms with Crippen LogP contribution in [0.15, 0.2) is 85.5 Å². The zero-order valence-electron chi connectivity index (χ0n) is 26.9. The van der Waals surface area contributed by atoms with Gasteiger partial charge in [0.15, 0.2) is 0 Å². The second-order valence-electron chi connectivity index (χ2n) is 10.5. The number of hydrazine groups is 2. The number of carbonyl (C=O) groups is 3. The number of alkyl halides is 3. The van der Waals surface area contributed by atoms with Crippen molar-refractivity contribution in [3.8, 4) is 0 Å². The molecule has 0 fully saturated rings. The molecule has 15 nitrogen and oxygen atoms in total. The second-order valence-corrected chi connectivity index (χ2v) is 14.3. The van der Waals surface area contributed by atoms with Crippen LogP contribution in [-0.4, -0.2) is 63.2 Å². The van der Waals surface area contributed by atoms with Gasteiger partial charge in [0.2, 0.25) is 20.0 Å². The van der Waals surface area contributed by atoms with Crippen LogP contribution in [-0.2, 0) is 37.9 Å². The van der Waals surface area contributed by atoms with Crippen molar-refractivity contribution in [1.29, 1.82) is 0 Å². The first kappa shape index (κ1) is 40.7. The van der Waals surface area contributed by atoms with Crippen LogP contribution in [0, 0.1) is 11.6 Å². The van der Waals surface area contributed by atoms with Crippen LogP contribution in [0.3, 0.4) is 0 Å². The molecule has 0 spiro atoms. The van der Waals surface area contributed by atoms with Gasteiger partial charge in [-0.05, 0) is 48.5 Å². The van der Waals surface area contributed by atoms with Gasteiger partial charge >= 0.3 is 12.1 Å². The summed E-state index contributed by atoms with van der Waals surface area (Å²) in [6, 6.07) is 12.7. The monoisotopic (exact) mass is 772 g/mol. The standard InChI is InChI=1S/C16H14F4N4O4S.C14H15FN4O3S/c1-29(27,28)24(12-3-2-6-21-8-12)9-11-5-4-10(7-13(11)17)14(25)22-23-15(26)16(18,19)20;1-23(21,22)19(12-3-2-6-17-8-12)9-11-5-4-10(7-13(11)15)14(20)18-16/h2-8H,9H2,1H3,(H,22,25)(H,23,26);2-8H,9,16H2,1H3,(H,18,20). The zero-order chi connectivity index (χ0) is 38.9. The molecule has 0 saturated heterocycles. The Morgan fingerprint density at radius 3 is 1.46 bits per heavy atom. The van der Waals surface area contributed by atoms with Gasteiger partial charge in [0.25, 0.3) is 11.8 Å². The van der Waals surface area contributed by atoms with Gasteiger partial charge in [0.1, 0.15) is 11.6 Å². The molecule has 3 amide bonds. The molecule has 0 bridgehead atoms. The minimum absolute atomic E-state index is 0.0426. The first-order valence-electron chi connectivity index (χ1n) is 14.2. The first-order chi connectivity index (χ1) is 24.2. The predicted molar refractivity (Wildman–Crippen MR) is 177 cm³/mol. The van der Waals surface area contributed by atoms with E-state index in [9.17, 15) is 53.2 Å². The van der Waals surface area contributed by atoms with Crippen molar-refractivity contribution < 1.29 is 53.2 Å². The Morgan fingerprint density at radius 1 is 0.712 bits per heavy atom. The van der Waals surface area contributed by atoms with Gasteiger partial charge in [-0.25, -0.2) is 31.5 Å². The van der Waals surface area contributed by atoms with Crippen molar-refractivity contribution in [2.75, 3.05) is 21.1 Å². The van der Waals surface area contributed by atoms with Crippen LogP contribution in [0.1, 0.15) is 31.8 Å². The number of aromatic nitrogens is 2. The normalized spacial score (nSPS) is 11.4. The first-order valence-corrected chi connectivity index (χ1v) is 17.9. The molecule has 4 rings (SSSR count). The Morgan fingerprint density at radius 2 is 1.13 bits per heavy atom. The smallest absolute Gasteiger partial charge is 0.290 e. The number of rotatable bonds is 10. The molecule has 0 atom stereocenters. The van der Waals surface area contributed by atoms with Crippen LogP contribution in [0.5, 0.6) is 0 Å². The van der Waals surface area contributed by atoms with Crippen molar-refractivity contribution >= 4 is 49.1 Å². The fourth-order valence-electron chi connectivity index (χ4n) is 4.09. The maximum atomic E-state index is 14.4. The molecule has 2 aromatic carbocycles. The Bertz CT molecular complexity index is 2130. The maximum Gasteiger partial charge on any atom is 0.472 e. The molecule has 4 aromatic rings. The summed E-state index contributed by atoms with van der Waals surface area (Å²) < 4.78 is 115. The molecular formula is C30H29F5N8O7S2. The molecule has 2 aromatic heterocycles. The predicted octanol–water partition coefficient (Wildman–Crippen LogP) is 2.30. The Balaban J connectivity index is 0.000000288. The second kappa shape index (κ2) is 17.0. The molecule has 0 aliphatic rings. The van der Waals surface area contributed by atoms with E-state index in [1.807, 2.05) is 5.43 Å². The van der Waals surface area contributed by atoms with E-state index < -0.39 is 62.1 Å². The molecule has 0 aliphatic carbocycles. The summed E-state index contributed by atoms with van der Waals surface area (Å²) in [6.07, 6.45) is 2.31. The number of nitrogen functional groups attached to an aromatic ring is 1. The lowest BCUT2D eigenvalue weighted by atomic mass is 10.1. The summed E-state index contributed by atoms with van der Waals surface area (Å²) in [7, 11) is -7.43. The van der Waals surface area contributed by atoms with Gasteiger partial charge in [0.05, 0.1) is 49.4 Å². The van der Waals surface area contributed by atoms with Gasteiger partial charge < -0.3 is 0 Å². The fourth-order valence-corrected chi connectivity index (χ4v) is 5.81. The molecular weight excluding hydrogens is 744 g/mol. The number of nitrogens with one attached hydrogen (secondary N) is 3. The molecule has 0 saturated carbocycles. The van der Waals surface area contributed by atoms with Crippen molar-refractivity contribution in [2.24, 2.45) is 5.84 Å². The van der Waals surface area contributed by atoms with Crippen LogP contribution in [0.4, 0.5) is 33.3 Å². The van der Waals surface area contributed by atoms with Gasteiger partial charge in [-0.2, -0.15) is 13.2 Å². The topological polar surface area (TPSA) is 214 Å². The summed E-state index contributed by atoms with van der Waals surface area (Å²) >= 11 is 0. The Labute approximate surface area is 293 Å². The van der Waals surface area contributed by atoms with E-state index in [0.717, 1.165) is 44.7 Å². The molecule has 0 unspecified atom stereocenters. The maximum absolute atomic E-state index is 14.4. The molecule has 22 heteroatoms. The third kappa shape index (κ3) is 11.4. The number of nitrogens with two attached hydrogens (primary N) is 1. The number of halogens is 5. The molecule has 52 heavy (non-hydrogen) atoms. The van der Waals surface area contributed by atoms with Gasteiger partial charge in [-0.3, -0.25) is 49.2 Å². The zero-order valence-corrected chi connectivity index (χ0v) is 28.6. The molecule has 2 heterocycles. The highest BCUT2D eigenvalue weighted by Crippen LogP contribution is 2.23. The number of pyridine rings is 2. The SMILES string of the molecule is CS(=O)(=O)N(Cc1ccc(C(=O)NN)cc1F)c1cccnc1.CS(=O)(=O)N(Cc1ccc(C(=O)NNC(=O)C(F)(F)F)cc1F)c1cccnc1. The van der Waals surface area contributed by atoms with Gasteiger partial charge in [-0.1, -0.05) is 12.1 Å². The van der Waals surface area contributed by atoms with Crippen LogP contribution >= 0.6 is 0 Å². The van der Waals surface area contributed by atoms with Crippen LogP contribution in [0.2, 0.25) is 0 Å². The van der Waals surface area contributed by atoms with Crippen molar-refractivity contribution in [3.05, 3.63) is 119 Å². The Hall–Kier alpha value is -5.74. The molecule has 278 valence electrons. The van der Waals surface area contributed by atoms with E-state index in [-0.39, 0.29) is 34.5 Å². The lowest BCUT2D eigenvalue weighted by Crippen LogP contribution is -2.47. The number of benzene rings is 2. The lowest BCUT2D eigenvalue weighted by Gasteiger charge is -2.22. The minimum Gasteiger partial charge on any atom is -0.290 e. The van der Waals surface area contributed by atoms with Crippen molar-refractivity contribution in [3.63, 3.8) is 0 Å². The van der Waals surface area contributed by atoms with E-state index >= 15 is 0 Å². The summed E-state index contributed by atoms with van der Waals surface area (Å²) in [5, 5.41) is 0. The lowest BCUT2D eigenvalue weighted by molar-refractivity contribution is -0.174. The van der Waals surface area contributed by atoms with Crippen LogP contribution in [0.25, 0.3) is 0 Å². The number of nitrogens with zero attached hydrogens (tertiary/aromatic N) is 4. The average molecular weight is 773 g/mol. The van der Waals surface area contributed by atoms with Crippen molar-refractivity contribution in [2.45, 2.75) is 19.3 Å². The fraction of sp³-hybridized carbons (Fsp3) is 0.167. The number of amides is 3. The van der Waals surface area contributed by atoms with Gasteiger partial charge in [0, 0.05) is 34.6 Å². The van der Waals surface area contributed by atoms with Crippen LogP contribution < -0.4 is 30.7 Å². The summed E-state index contributed by atoms with van der Waals surface area (Å²) in [5.41, 5.74) is 4.73. The number of hydrogen-bond acceptors (Lipinski definition) is 10. The molecule has 0 aliphatic heterocycles. The highest BCUT2D eigenvalue weighted by Gasteiger charge is 2.39. The third-order valence-corrected chi connectivity index (χ3v) is 8.89. The quantitative estimate of drug-likeness (QED) is 0.0799. The number of anilines is 2. The average Bonchev–Trinajstić information content (AvgIpc) is 3.08. The van der Waals surface area contributed by atoms with E-state index in [4.69, 9.17) is 5.84 Å². The summed E-state index contributed by atoms with van der Waals surface area (Å²) in [4.78, 5) is 41.5. The van der Waals surface area contributed by atoms with E-state index in [0.29, 0.717) is 11.8 Å². The minimum atomic E-state index is -5.20. The number of hydrogen-bond donors (Lipinski definition) is 4. The number of sulfonamides is 2. The van der Waals surface area contributed by atoms with Crippen molar-refractivity contribution in [1.82, 2.24) is 26.2 Å². The highest BCUT2D eigenvalue weighted by atomic mass is 32.2. The van der Waals surface area contributed by atoms with Gasteiger partial charge in [-0.15, -0.1) is 0 Å². The van der Waals surface area contributed by atoms with E-state index in [1.54, 1.807) is 12.1 Å². The highest BCUT2D eigenvalue weighted by molar-refractivity contribution is 7.92. The Kier molecular flexibility index (Phi) is 13.3. The number of carbonyl (C=O) groups excluding carboxylic acids is 3. The molecule has 0 radical (unpaired) electrons. The van der Waals surface area contributed by atoms with E-state index in [1.165, 1.54) is 54.5 Å². The summed E-state index contributed by atoms with van der Waals surface area (Å²) in [6.45, 7) is -0.635. The largest absolute Gasteiger partial charge is 0.472 e. The molecule has 5 N–H and O–H groups in total. The summed E-state index contributed by atoms with van der Waals surface area (Å²) in [5.74, 6) is -0.921. The third-order valence-electron chi connectivity index (χ3n) is 6.61. The van der Waals surface area contributed by atoms with E-state index in [2.05, 4.69) is 9.97 Å².